The molecule has 6 heteroatoms. The van der Waals surface area contributed by atoms with Gasteiger partial charge in [-0.15, -0.1) is 0 Å². The summed E-state index contributed by atoms with van der Waals surface area (Å²) < 4.78 is 1.26. The zero-order valence-electron chi connectivity index (χ0n) is 11.3. The second-order valence-electron chi connectivity index (χ2n) is 4.54. The lowest BCUT2D eigenvalue weighted by Gasteiger charge is -2.05. The van der Waals surface area contributed by atoms with Gasteiger partial charge < -0.3 is 4.57 Å². The Morgan fingerprint density at radius 1 is 1.14 bits per heavy atom. The molecule has 0 amide bonds. The number of aromatic nitrogens is 1. The highest BCUT2D eigenvalue weighted by molar-refractivity contribution is 5.95. The van der Waals surface area contributed by atoms with Gasteiger partial charge in [0.25, 0.3) is 0 Å². The minimum absolute atomic E-state index is 0.00548. The van der Waals surface area contributed by atoms with E-state index >= 15 is 0 Å². The van der Waals surface area contributed by atoms with Crippen LogP contribution in [0.5, 0.6) is 0 Å². The van der Waals surface area contributed by atoms with Crippen molar-refractivity contribution in [3.05, 3.63) is 74.7 Å². The van der Waals surface area contributed by atoms with Gasteiger partial charge in [-0.25, -0.2) is 0 Å². The third kappa shape index (κ3) is 3.62. The Balaban J connectivity index is 1.98. The Morgan fingerprint density at radius 3 is 2.52 bits per heavy atom. The van der Waals surface area contributed by atoms with Crippen LogP contribution < -0.4 is 5.56 Å². The zero-order chi connectivity index (χ0) is 15.2. The first-order valence-corrected chi connectivity index (χ1v) is 6.51. The fraction of sp³-hybridized carbons (Fsp3) is 0.200. The van der Waals surface area contributed by atoms with E-state index in [0.717, 1.165) is 0 Å². The van der Waals surface area contributed by atoms with Crippen LogP contribution in [0.1, 0.15) is 23.2 Å². The van der Waals surface area contributed by atoms with E-state index in [-0.39, 0.29) is 12.3 Å². The van der Waals surface area contributed by atoms with Gasteiger partial charge in [0.1, 0.15) is 0 Å². The molecular weight excluding hydrogens is 272 g/mol. The van der Waals surface area contributed by atoms with Gasteiger partial charge in [0, 0.05) is 30.8 Å². The number of rotatable bonds is 6. The van der Waals surface area contributed by atoms with E-state index in [4.69, 9.17) is 0 Å². The number of hydrogen-bond acceptors (Lipinski definition) is 4. The number of carbonyl (C=O) groups excluding carboxylic acids is 1. The van der Waals surface area contributed by atoms with Gasteiger partial charge in [-0.2, -0.15) is 0 Å². The molecule has 0 bridgehead atoms. The smallest absolute Gasteiger partial charge is 0.310 e. The number of carbonyl (C=O) groups is 1. The number of benzene rings is 1. The molecule has 0 atom stereocenters. The van der Waals surface area contributed by atoms with E-state index in [1.165, 1.54) is 22.9 Å². The van der Waals surface area contributed by atoms with E-state index in [1.54, 1.807) is 24.3 Å². The monoisotopic (exact) mass is 286 g/mol. The number of nitrogens with zero attached hydrogens (tertiary/aromatic N) is 2. The van der Waals surface area contributed by atoms with Gasteiger partial charge in [-0.05, 0) is 12.5 Å². The predicted octanol–water partition coefficient (Wildman–Crippen LogP) is 2.42. The normalized spacial score (nSPS) is 10.3. The molecule has 0 saturated carbocycles. The summed E-state index contributed by atoms with van der Waals surface area (Å²) >= 11 is 0. The number of pyridine rings is 1. The summed E-state index contributed by atoms with van der Waals surface area (Å²) in [4.78, 5) is 33.7. The molecule has 2 rings (SSSR count). The standard InChI is InChI=1S/C15H14N2O4/c18-14(12-6-2-1-3-7-12)9-5-11-16-10-4-8-13(15(16)19)17(20)21/h1-4,6-8,10H,5,9,11H2. The molecule has 0 fully saturated rings. The van der Waals surface area contributed by atoms with E-state index in [0.29, 0.717) is 18.4 Å². The molecule has 1 heterocycles. The molecule has 0 aliphatic carbocycles. The summed E-state index contributed by atoms with van der Waals surface area (Å²) in [5.41, 5.74) is -0.467. The summed E-state index contributed by atoms with van der Waals surface area (Å²) in [6.45, 7) is 0.277. The predicted molar refractivity (Wildman–Crippen MR) is 77.4 cm³/mol. The number of aryl methyl sites for hydroxylation is 1. The molecule has 0 spiro atoms. The van der Waals surface area contributed by atoms with Crippen molar-refractivity contribution in [2.24, 2.45) is 0 Å². The Labute approximate surface area is 120 Å². The van der Waals surface area contributed by atoms with Crippen LogP contribution in [0.25, 0.3) is 0 Å². The van der Waals surface area contributed by atoms with Crippen molar-refractivity contribution in [3.63, 3.8) is 0 Å². The fourth-order valence-electron chi connectivity index (χ4n) is 2.02. The van der Waals surface area contributed by atoms with Crippen LogP contribution in [0.4, 0.5) is 5.69 Å². The molecule has 0 saturated heterocycles. The van der Waals surface area contributed by atoms with Crippen LogP contribution in [0.15, 0.2) is 53.5 Å². The third-order valence-corrected chi connectivity index (χ3v) is 3.10. The first-order valence-electron chi connectivity index (χ1n) is 6.51. The maximum absolute atomic E-state index is 11.9. The summed E-state index contributed by atoms with van der Waals surface area (Å²) in [5, 5.41) is 10.7. The SMILES string of the molecule is O=C(CCCn1cccc([N+](=O)[O-])c1=O)c1ccccc1. The second-order valence-corrected chi connectivity index (χ2v) is 4.54. The summed E-state index contributed by atoms with van der Waals surface area (Å²) in [6.07, 6.45) is 2.23. The van der Waals surface area contributed by atoms with Crippen LogP contribution in [-0.2, 0) is 6.54 Å². The topological polar surface area (TPSA) is 82.2 Å². The Hall–Kier alpha value is -2.76. The molecule has 0 N–H and O–H groups in total. The van der Waals surface area contributed by atoms with Crippen molar-refractivity contribution in [1.82, 2.24) is 4.57 Å². The molecule has 1 aromatic carbocycles. The maximum atomic E-state index is 11.9. The Morgan fingerprint density at radius 2 is 1.86 bits per heavy atom. The van der Waals surface area contributed by atoms with Gasteiger partial charge in [0.05, 0.1) is 4.92 Å². The molecule has 2 aromatic rings. The van der Waals surface area contributed by atoms with Gasteiger partial charge in [-0.1, -0.05) is 30.3 Å². The van der Waals surface area contributed by atoms with Crippen molar-refractivity contribution in [2.45, 2.75) is 19.4 Å². The van der Waals surface area contributed by atoms with Crippen molar-refractivity contribution in [1.29, 1.82) is 0 Å². The highest BCUT2D eigenvalue weighted by Gasteiger charge is 2.13. The summed E-state index contributed by atoms with van der Waals surface area (Å²) in [7, 11) is 0. The number of nitro groups is 1. The van der Waals surface area contributed by atoms with Crippen molar-refractivity contribution >= 4 is 11.5 Å². The molecular formula is C15H14N2O4. The van der Waals surface area contributed by atoms with Crippen molar-refractivity contribution in [3.8, 4) is 0 Å². The highest BCUT2D eigenvalue weighted by atomic mass is 16.6. The van der Waals surface area contributed by atoms with Crippen LogP contribution in [-0.4, -0.2) is 15.3 Å². The van der Waals surface area contributed by atoms with Gasteiger partial charge in [-0.3, -0.25) is 19.7 Å². The third-order valence-electron chi connectivity index (χ3n) is 3.10. The van der Waals surface area contributed by atoms with E-state index < -0.39 is 16.2 Å². The molecule has 21 heavy (non-hydrogen) atoms. The molecule has 1 aromatic heterocycles. The molecule has 6 nitrogen and oxygen atoms in total. The molecule has 0 aliphatic rings. The average Bonchev–Trinajstić information content (AvgIpc) is 2.49. The molecule has 0 aliphatic heterocycles. The van der Waals surface area contributed by atoms with E-state index in [2.05, 4.69) is 0 Å². The van der Waals surface area contributed by atoms with Crippen LogP contribution in [0, 0.1) is 10.1 Å². The quantitative estimate of drug-likeness (QED) is 0.464. The fourth-order valence-corrected chi connectivity index (χ4v) is 2.02. The number of hydrogen-bond donors (Lipinski definition) is 0. The van der Waals surface area contributed by atoms with Crippen molar-refractivity contribution in [2.75, 3.05) is 0 Å². The highest BCUT2D eigenvalue weighted by Crippen LogP contribution is 2.07. The first kappa shape index (κ1) is 14.6. The molecule has 108 valence electrons. The average molecular weight is 286 g/mol. The minimum atomic E-state index is -0.700. The first-order chi connectivity index (χ1) is 10.1. The maximum Gasteiger partial charge on any atom is 0.334 e. The van der Waals surface area contributed by atoms with Gasteiger partial charge >= 0.3 is 11.2 Å². The largest absolute Gasteiger partial charge is 0.334 e. The molecule has 0 unspecified atom stereocenters. The Kier molecular flexibility index (Phi) is 4.61. The van der Waals surface area contributed by atoms with Crippen LogP contribution in [0.3, 0.4) is 0 Å². The van der Waals surface area contributed by atoms with E-state index in [1.807, 2.05) is 6.07 Å². The zero-order valence-corrected chi connectivity index (χ0v) is 11.3. The summed E-state index contributed by atoms with van der Waals surface area (Å²) in [5.74, 6) is -0.00548. The van der Waals surface area contributed by atoms with Gasteiger partial charge in [0.15, 0.2) is 5.78 Å². The Bertz CT molecular complexity index is 707. The lowest BCUT2D eigenvalue weighted by atomic mass is 10.1. The minimum Gasteiger partial charge on any atom is -0.310 e. The van der Waals surface area contributed by atoms with E-state index in [9.17, 15) is 19.7 Å². The lowest BCUT2D eigenvalue weighted by molar-refractivity contribution is -0.386. The summed E-state index contributed by atoms with van der Waals surface area (Å²) in [6, 6.07) is 11.5. The number of ketones is 1. The second kappa shape index (κ2) is 6.60. The van der Waals surface area contributed by atoms with Crippen LogP contribution >= 0.6 is 0 Å². The molecule has 0 radical (unpaired) electrons. The lowest BCUT2D eigenvalue weighted by Crippen LogP contribution is -2.22. The number of Topliss-reactive ketones (excluding diaryl/α,β-unsaturated/α-hetero) is 1. The van der Waals surface area contributed by atoms with Gasteiger partial charge in [0.2, 0.25) is 0 Å². The van der Waals surface area contributed by atoms with Crippen LogP contribution in [0.2, 0.25) is 0 Å². The van der Waals surface area contributed by atoms with Crippen molar-refractivity contribution < 1.29 is 9.72 Å².